The van der Waals surface area contributed by atoms with Gasteiger partial charge in [0.15, 0.2) is 0 Å². The highest BCUT2D eigenvalue weighted by atomic mass is 19.4. The maximum absolute atomic E-state index is 12.2. The average molecular weight is 411 g/mol. The molecule has 0 saturated carbocycles. The fraction of sp³-hybridized carbons (Fsp3) is 0.263. The van der Waals surface area contributed by atoms with Gasteiger partial charge in [-0.25, -0.2) is 4.79 Å². The first-order valence-electron chi connectivity index (χ1n) is 8.42. The zero-order valence-corrected chi connectivity index (χ0v) is 15.7. The van der Waals surface area contributed by atoms with E-state index in [9.17, 15) is 22.8 Å². The van der Waals surface area contributed by atoms with Crippen LogP contribution in [0.2, 0.25) is 0 Å². The van der Waals surface area contributed by atoms with Crippen LogP contribution in [0.3, 0.4) is 0 Å². The van der Waals surface area contributed by atoms with E-state index in [0.29, 0.717) is 28.4 Å². The number of hydrogen-bond donors (Lipinski definition) is 3. The molecule has 0 heterocycles. The van der Waals surface area contributed by atoms with Gasteiger partial charge in [0.1, 0.15) is 18.0 Å². The molecule has 0 aliphatic rings. The smallest absolute Gasteiger partial charge is 0.405 e. The van der Waals surface area contributed by atoms with Gasteiger partial charge in [-0.05, 0) is 29.8 Å². The van der Waals surface area contributed by atoms with Crippen molar-refractivity contribution in [1.82, 2.24) is 5.32 Å². The minimum absolute atomic E-state index is 0.203. The van der Waals surface area contributed by atoms with Crippen molar-refractivity contribution in [2.75, 3.05) is 31.4 Å². The normalized spacial score (nSPS) is 10.8. The lowest BCUT2D eigenvalue weighted by Gasteiger charge is -2.12. The van der Waals surface area contributed by atoms with Crippen LogP contribution < -0.4 is 25.4 Å². The summed E-state index contributed by atoms with van der Waals surface area (Å²) in [6.45, 7) is -1.37. The molecule has 0 spiro atoms. The number of methoxy groups -OCH3 is 2. The highest BCUT2D eigenvalue weighted by Gasteiger charge is 2.27. The van der Waals surface area contributed by atoms with Gasteiger partial charge in [0, 0.05) is 11.8 Å². The van der Waals surface area contributed by atoms with E-state index >= 15 is 0 Å². The van der Waals surface area contributed by atoms with Gasteiger partial charge in [-0.3, -0.25) is 4.79 Å². The number of rotatable bonds is 7. The summed E-state index contributed by atoms with van der Waals surface area (Å²) in [6.07, 6.45) is -4.66. The Morgan fingerprint density at radius 1 is 0.966 bits per heavy atom. The molecule has 3 amide bonds. The van der Waals surface area contributed by atoms with E-state index in [1.807, 2.05) is 0 Å². The van der Waals surface area contributed by atoms with Gasteiger partial charge in [-0.2, -0.15) is 13.2 Å². The van der Waals surface area contributed by atoms with E-state index < -0.39 is 24.7 Å². The van der Waals surface area contributed by atoms with Crippen molar-refractivity contribution in [2.24, 2.45) is 0 Å². The number of amides is 3. The molecule has 2 rings (SSSR count). The predicted octanol–water partition coefficient (Wildman–Crippen LogP) is 3.57. The van der Waals surface area contributed by atoms with Crippen LogP contribution in [0.4, 0.5) is 29.3 Å². The summed E-state index contributed by atoms with van der Waals surface area (Å²) in [6, 6.07) is 10.5. The Morgan fingerprint density at radius 2 is 1.66 bits per heavy atom. The van der Waals surface area contributed by atoms with Crippen molar-refractivity contribution < 1.29 is 32.2 Å². The third kappa shape index (κ3) is 7.24. The van der Waals surface area contributed by atoms with Gasteiger partial charge in [0.2, 0.25) is 5.91 Å². The molecule has 0 aliphatic heterocycles. The molecule has 0 unspecified atom stereocenters. The topological polar surface area (TPSA) is 88.7 Å². The molecular weight excluding hydrogens is 391 g/mol. The molecule has 0 fully saturated rings. The quantitative estimate of drug-likeness (QED) is 0.650. The predicted molar refractivity (Wildman–Crippen MR) is 101 cm³/mol. The Morgan fingerprint density at radius 3 is 2.24 bits per heavy atom. The van der Waals surface area contributed by atoms with E-state index in [4.69, 9.17) is 9.47 Å². The number of alkyl halides is 3. The number of anilines is 2. The van der Waals surface area contributed by atoms with Crippen LogP contribution in [0.25, 0.3) is 0 Å². The van der Waals surface area contributed by atoms with Crippen LogP contribution in [0.1, 0.15) is 5.56 Å². The third-order valence-electron chi connectivity index (χ3n) is 3.72. The van der Waals surface area contributed by atoms with Gasteiger partial charge in [-0.15, -0.1) is 0 Å². The maximum atomic E-state index is 12.2. The van der Waals surface area contributed by atoms with Crippen molar-refractivity contribution in [2.45, 2.75) is 12.6 Å². The number of urea groups is 1. The first-order valence-corrected chi connectivity index (χ1v) is 8.42. The number of halogens is 3. The lowest BCUT2D eigenvalue weighted by atomic mass is 10.1. The number of nitrogens with one attached hydrogen (secondary N) is 3. The van der Waals surface area contributed by atoms with E-state index in [-0.39, 0.29) is 6.42 Å². The fourth-order valence-electron chi connectivity index (χ4n) is 2.34. The Bertz CT molecular complexity index is 855. The summed E-state index contributed by atoms with van der Waals surface area (Å²) in [5, 5.41) is 7.05. The Balaban J connectivity index is 1.91. The van der Waals surface area contributed by atoms with Gasteiger partial charge >= 0.3 is 12.2 Å². The number of benzene rings is 2. The first kappa shape index (κ1) is 21.9. The minimum atomic E-state index is -4.45. The highest BCUT2D eigenvalue weighted by Crippen LogP contribution is 2.29. The monoisotopic (exact) mass is 411 g/mol. The summed E-state index contributed by atoms with van der Waals surface area (Å²) in [5.41, 5.74) is 1.38. The van der Waals surface area contributed by atoms with E-state index in [2.05, 4.69) is 10.6 Å². The second-order valence-electron chi connectivity index (χ2n) is 5.91. The van der Waals surface area contributed by atoms with Crippen molar-refractivity contribution in [3.8, 4) is 11.5 Å². The fourth-order valence-corrected chi connectivity index (χ4v) is 2.34. The van der Waals surface area contributed by atoms with Gasteiger partial charge in [0.25, 0.3) is 0 Å². The number of ether oxygens (including phenoxy) is 2. The largest absolute Gasteiger partial charge is 0.497 e. The number of hydrogen-bond acceptors (Lipinski definition) is 4. The molecule has 29 heavy (non-hydrogen) atoms. The molecule has 156 valence electrons. The molecule has 0 saturated heterocycles. The third-order valence-corrected chi connectivity index (χ3v) is 3.72. The molecule has 2 aromatic rings. The molecule has 0 atom stereocenters. The zero-order chi connectivity index (χ0) is 21.4. The lowest BCUT2D eigenvalue weighted by molar-refractivity contribution is -0.138. The Hall–Kier alpha value is -3.43. The Labute approximate surface area is 165 Å². The van der Waals surface area contributed by atoms with Gasteiger partial charge in [0.05, 0.1) is 26.3 Å². The van der Waals surface area contributed by atoms with Gasteiger partial charge in [-0.1, -0.05) is 12.1 Å². The van der Waals surface area contributed by atoms with Crippen molar-refractivity contribution in [1.29, 1.82) is 0 Å². The van der Waals surface area contributed by atoms with Gasteiger partial charge < -0.3 is 25.4 Å². The molecule has 3 N–H and O–H groups in total. The second-order valence-corrected chi connectivity index (χ2v) is 5.91. The summed E-state index contributed by atoms with van der Waals surface area (Å²) >= 11 is 0. The van der Waals surface area contributed by atoms with Crippen LogP contribution in [0.5, 0.6) is 11.5 Å². The standard InChI is InChI=1S/C19H20F3N3O4/c1-28-14-7-8-15(16(10-14)29-2)25-18(27)24-13-5-3-12(4-6-13)9-17(26)23-11-19(20,21)22/h3-8,10H,9,11H2,1-2H3,(H,23,26)(H2,24,25,27). The lowest BCUT2D eigenvalue weighted by Crippen LogP contribution is -2.34. The van der Waals surface area contributed by atoms with Crippen molar-refractivity contribution in [3.63, 3.8) is 0 Å². The highest BCUT2D eigenvalue weighted by molar-refractivity contribution is 6.00. The molecule has 2 aromatic carbocycles. The molecule has 0 bridgehead atoms. The van der Waals surface area contributed by atoms with Crippen LogP contribution in [0.15, 0.2) is 42.5 Å². The average Bonchev–Trinajstić information content (AvgIpc) is 2.67. The van der Waals surface area contributed by atoms with E-state index in [1.165, 1.54) is 38.5 Å². The summed E-state index contributed by atoms with van der Waals surface area (Å²) < 4.78 is 46.6. The number of carbonyl (C=O) groups is 2. The molecule has 0 aliphatic carbocycles. The van der Waals surface area contributed by atoms with Crippen LogP contribution in [-0.2, 0) is 11.2 Å². The Kier molecular flexibility index (Phi) is 7.29. The SMILES string of the molecule is COc1ccc(NC(=O)Nc2ccc(CC(=O)NCC(F)(F)F)cc2)c(OC)c1. The minimum Gasteiger partial charge on any atom is -0.497 e. The van der Waals surface area contributed by atoms with Crippen molar-refractivity contribution in [3.05, 3.63) is 48.0 Å². The van der Waals surface area contributed by atoms with E-state index in [0.717, 1.165) is 0 Å². The molecule has 0 radical (unpaired) electrons. The van der Waals surface area contributed by atoms with E-state index in [1.54, 1.807) is 23.5 Å². The molecule has 0 aromatic heterocycles. The summed E-state index contributed by atoms with van der Waals surface area (Å²) in [5.74, 6) is 0.245. The maximum Gasteiger partial charge on any atom is 0.405 e. The van der Waals surface area contributed by atoms with Crippen LogP contribution >= 0.6 is 0 Å². The van der Waals surface area contributed by atoms with Crippen LogP contribution in [-0.4, -0.2) is 38.9 Å². The summed E-state index contributed by atoms with van der Waals surface area (Å²) in [7, 11) is 2.97. The zero-order valence-electron chi connectivity index (χ0n) is 15.7. The van der Waals surface area contributed by atoms with Crippen molar-refractivity contribution >= 4 is 23.3 Å². The first-order chi connectivity index (χ1) is 13.7. The molecular formula is C19H20F3N3O4. The van der Waals surface area contributed by atoms with Crippen LogP contribution in [0, 0.1) is 0 Å². The second kappa shape index (κ2) is 9.67. The number of carbonyl (C=O) groups excluding carboxylic acids is 2. The summed E-state index contributed by atoms with van der Waals surface area (Å²) in [4.78, 5) is 23.7. The molecule has 7 nitrogen and oxygen atoms in total. The molecule has 10 heteroatoms.